The third-order valence-corrected chi connectivity index (χ3v) is 1.79. The van der Waals surface area contributed by atoms with Crippen LogP contribution in [-0.2, 0) is 7.05 Å². The van der Waals surface area contributed by atoms with Crippen LogP contribution in [0.2, 0.25) is 0 Å². The first kappa shape index (κ1) is 8.87. The Labute approximate surface area is 76.6 Å². The van der Waals surface area contributed by atoms with Crippen LogP contribution >= 0.6 is 12.4 Å². The Morgan fingerprint density at radius 2 is 2.00 bits per heavy atom. The minimum absolute atomic E-state index is 0. The average molecular weight is 184 g/mol. The number of nitrogens with two attached hydrogens (primary N) is 1. The number of fused-ring (bicyclic) bond motifs is 1. The first-order valence-electron chi connectivity index (χ1n) is 3.46. The minimum atomic E-state index is 0. The molecule has 1 heterocycles. The number of nitrogens with zero attached hydrogens (tertiary/aromatic N) is 2. The highest BCUT2D eigenvalue weighted by atomic mass is 35.5. The summed E-state index contributed by atoms with van der Waals surface area (Å²) in [5, 5.41) is 5.23. The van der Waals surface area contributed by atoms with Gasteiger partial charge in [0.25, 0.3) is 0 Å². The minimum Gasteiger partial charge on any atom is -0.383 e. The van der Waals surface area contributed by atoms with Gasteiger partial charge in [-0.05, 0) is 12.1 Å². The molecular weight excluding hydrogens is 174 g/mol. The van der Waals surface area contributed by atoms with E-state index in [9.17, 15) is 0 Å². The van der Waals surface area contributed by atoms with Crippen LogP contribution in [0.5, 0.6) is 0 Å². The predicted molar refractivity (Wildman–Crippen MR) is 52.4 cm³/mol. The second-order valence-electron chi connectivity index (χ2n) is 2.53. The molecule has 0 spiro atoms. The molecule has 0 fully saturated rings. The molecule has 64 valence electrons. The maximum Gasteiger partial charge on any atom is 0.129 e. The first-order chi connectivity index (χ1) is 5.29. The van der Waals surface area contributed by atoms with Crippen molar-refractivity contribution in [3.05, 3.63) is 24.3 Å². The monoisotopic (exact) mass is 183 g/mol. The highest BCUT2D eigenvalue weighted by Gasteiger charge is 2.01. The molecule has 0 amide bonds. The van der Waals surface area contributed by atoms with Crippen molar-refractivity contribution in [1.82, 2.24) is 9.78 Å². The topological polar surface area (TPSA) is 43.8 Å². The van der Waals surface area contributed by atoms with E-state index in [0.29, 0.717) is 0 Å². The average Bonchev–Trinajstić information content (AvgIpc) is 2.30. The van der Waals surface area contributed by atoms with Gasteiger partial charge in [-0.25, -0.2) is 0 Å². The lowest BCUT2D eigenvalue weighted by molar-refractivity contribution is 0.791. The lowest BCUT2D eigenvalue weighted by Crippen LogP contribution is -1.96. The van der Waals surface area contributed by atoms with E-state index in [1.54, 1.807) is 4.68 Å². The molecule has 0 aliphatic rings. The maximum atomic E-state index is 5.74. The van der Waals surface area contributed by atoms with Gasteiger partial charge >= 0.3 is 0 Å². The molecule has 2 N–H and O–H groups in total. The normalized spacial score (nSPS) is 9.75. The number of aromatic nitrogens is 2. The summed E-state index contributed by atoms with van der Waals surface area (Å²) in [5.74, 6) is 0.723. The molecule has 2 aromatic rings. The Kier molecular flexibility index (Phi) is 2.24. The van der Waals surface area contributed by atoms with Crippen LogP contribution in [-0.4, -0.2) is 9.78 Å². The van der Waals surface area contributed by atoms with Crippen LogP contribution < -0.4 is 5.73 Å². The van der Waals surface area contributed by atoms with Gasteiger partial charge in [0.1, 0.15) is 5.82 Å². The number of anilines is 1. The fraction of sp³-hybridized carbons (Fsp3) is 0.125. The Bertz CT molecular complexity index is 394. The van der Waals surface area contributed by atoms with E-state index in [0.717, 1.165) is 16.7 Å². The molecule has 4 heteroatoms. The van der Waals surface area contributed by atoms with E-state index in [4.69, 9.17) is 5.73 Å². The summed E-state index contributed by atoms with van der Waals surface area (Å²) >= 11 is 0. The Morgan fingerprint density at radius 1 is 1.33 bits per heavy atom. The molecule has 1 aromatic heterocycles. The van der Waals surface area contributed by atoms with Crippen molar-refractivity contribution in [3.8, 4) is 0 Å². The molecule has 0 unspecified atom stereocenters. The zero-order valence-electron chi connectivity index (χ0n) is 6.69. The molecule has 1 aromatic carbocycles. The number of nitrogen functional groups attached to an aromatic ring is 1. The molecule has 12 heavy (non-hydrogen) atoms. The number of hydrogen-bond donors (Lipinski definition) is 1. The molecule has 0 radical (unpaired) electrons. The molecule has 0 saturated heterocycles. The van der Waals surface area contributed by atoms with Gasteiger partial charge in [0.05, 0.1) is 5.52 Å². The first-order valence-corrected chi connectivity index (χ1v) is 3.46. The van der Waals surface area contributed by atoms with Crippen LogP contribution in [0, 0.1) is 0 Å². The van der Waals surface area contributed by atoms with Crippen molar-refractivity contribution in [2.45, 2.75) is 0 Å². The van der Waals surface area contributed by atoms with Crippen LogP contribution in [0.25, 0.3) is 10.9 Å². The SMILES string of the molecule is Cl.Cn1nc2ccccc2c1N. The largest absolute Gasteiger partial charge is 0.383 e. The number of benzene rings is 1. The van der Waals surface area contributed by atoms with Crippen LogP contribution in [0.4, 0.5) is 5.82 Å². The van der Waals surface area contributed by atoms with Crippen LogP contribution in [0.3, 0.4) is 0 Å². The standard InChI is InChI=1S/C8H9N3.ClH/c1-11-8(9)6-4-2-3-5-7(6)10-11;/h2-5H,9H2,1H3;1H. The summed E-state index contributed by atoms with van der Waals surface area (Å²) in [4.78, 5) is 0. The highest BCUT2D eigenvalue weighted by molar-refractivity contribution is 5.88. The van der Waals surface area contributed by atoms with Crippen LogP contribution in [0.1, 0.15) is 0 Å². The van der Waals surface area contributed by atoms with Gasteiger partial charge in [-0.1, -0.05) is 12.1 Å². The second kappa shape index (κ2) is 3.03. The summed E-state index contributed by atoms with van der Waals surface area (Å²) < 4.78 is 1.69. The van der Waals surface area contributed by atoms with E-state index in [1.165, 1.54) is 0 Å². The van der Waals surface area contributed by atoms with Crippen molar-refractivity contribution in [1.29, 1.82) is 0 Å². The summed E-state index contributed by atoms with van der Waals surface area (Å²) in [6.07, 6.45) is 0. The van der Waals surface area contributed by atoms with Gasteiger partial charge in [-0.15, -0.1) is 12.4 Å². The molecule has 0 bridgehead atoms. The lowest BCUT2D eigenvalue weighted by Gasteiger charge is -1.90. The summed E-state index contributed by atoms with van der Waals surface area (Å²) in [6.45, 7) is 0. The third kappa shape index (κ3) is 1.12. The van der Waals surface area contributed by atoms with Crippen LogP contribution in [0.15, 0.2) is 24.3 Å². The van der Waals surface area contributed by atoms with Crippen molar-refractivity contribution in [2.75, 3.05) is 5.73 Å². The van der Waals surface area contributed by atoms with Gasteiger partial charge < -0.3 is 5.73 Å². The fourth-order valence-electron chi connectivity index (χ4n) is 1.17. The number of hydrogen-bond acceptors (Lipinski definition) is 2. The second-order valence-corrected chi connectivity index (χ2v) is 2.53. The maximum absolute atomic E-state index is 5.74. The van der Waals surface area contributed by atoms with Gasteiger partial charge in [0, 0.05) is 12.4 Å². The zero-order chi connectivity index (χ0) is 7.84. The number of halogens is 1. The lowest BCUT2D eigenvalue weighted by atomic mass is 10.2. The van der Waals surface area contributed by atoms with Crippen molar-refractivity contribution >= 4 is 29.1 Å². The molecule has 2 rings (SSSR count). The molecule has 0 atom stereocenters. The van der Waals surface area contributed by atoms with E-state index >= 15 is 0 Å². The van der Waals surface area contributed by atoms with Gasteiger partial charge in [0.2, 0.25) is 0 Å². The Balaban J connectivity index is 0.000000720. The Morgan fingerprint density at radius 3 is 2.67 bits per heavy atom. The van der Waals surface area contributed by atoms with Crippen molar-refractivity contribution in [2.24, 2.45) is 7.05 Å². The third-order valence-electron chi connectivity index (χ3n) is 1.79. The molecular formula is C8H10ClN3. The number of rotatable bonds is 0. The molecule has 3 nitrogen and oxygen atoms in total. The summed E-state index contributed by atoms with van der Waals surface area (Å²) in [6, 6.07) is 7.83. The van der Waals surface area contributed by atoms with Crippen molar-refractivity contribution in [3.63, 3.8) is 0 Å². The van der Waals surface area contributed by atoms with Gasteiger partial charge in [-0.3, -0.25) is 4.68 Å². The fourth-order valence-corrected chi connectivity index (χ4v) is 1.17. The van der Waals surface area contributed by atoms with E-state index in [-0.39, 0.29) is 12.4 Å². The van der Waals surface area contributed by atoms with Gasteiger partial charge in [-0.2, -0.15) is 5.10 Å². The zero-order valence-corrected chi connectivity index (χ0v) is 7.51. The molecule has 0 aliphatic heterocycles. The predicted octanol–water partition coefficient (Wildman–Crippen LogP) is 1.58. The van der Waals surface area contributed by atoms with Gasteiger partial charge in [0.15, 0.2) is 0 Å². The van der Waals surface area contributed by atoms with E-state index in [1.807, 2.05) is 31.3 Å². The summed E-state index contributed by atoms with van der Waals surface area (Å²) in [5.41, 5.74) is 6.69. The summed E-state index contributed by atoms with van der Waals surface area (Å²) in [7, 11) is 1.84. The smallest absolute Gasteiger partial charge is 0.129 e. The van der Waals surface area contributed by atoms with E-state index in [2.05, 4.69) is 5.10 Å². The molecule has 0 aliphatic carbocycles. The molecule has 0 saturated carbocycles. The quantitative estimate of drug-likeness (QED) is 0.674. The Hall–Kier alpha value is -1.22. The highest BCUT2D eigenvalue weighted by Crippen LogP contribution is 2.17. The van der Waals surface area contributed by atoms with E-state index < -0.39 is 0 Å². The van der Waals surface area contributed by atoms with Crippen molar-refractivity contribution < 1.29 is 0 Å². The number of aryl methyl sites for hydroxylation is 1.